The third-order valence-electron chi connectivity index (χ3n) is 4.14. The molecule has 1 N–H and O–H groups in total. The van der Waals surface area contributed by atoms with Gasteiger partial charge in [-0.3, -0.25) is 4.68 Å². The number of hydrogen-bond acceptors (Lipinski definition) is 2. The van der Waals surface area contributed by atoms with E-state index in [0.29, 0.717) is 0 Å². The van der Waals surface area contributed by atoms with Gasteiger partial charge in [-0.15, -0.1) is 0 Å². The first kappa shape index (κ1) is 12.6. The first-order valence-corrected chi connectivity index (χ1v) is 6.81. The SMILES string of the molecule is CCC1CCCC(O)(CCc2cnn(C)c2)C1. The van der Waals surface area contributed by atoms with Crippen LogP contribution in [0.1, 0.15) is 51.0 Å². The van der Waals surface area contributed by atoms with Crippen molar-refractivity contribution in [3.63, 3.8) is 0 Å². The third-order valence-corrected chi connectivity index (χ3v) is 4.14. The van der Waals surface area contributed by atoms with E-state index in [1.165, 1.54) is 24.8 Å². The summed E-state index contributed by atoms with van der Waals surface area (Å²) in [5.41, 5.74) is 0.814. The number of hydrogen-bond donors (Lipinski definition) is 1. The minimum absolute atomic E-state index is 0.422. The van der Waals surface area contributed by atoms with E-state index in [9.17, 15) is 5.11 Å². The number of rotatable bonds is 4. The summed E-state index contributed by atoms with van der Waals surface area (Å²) in [6.45, 7) is 2.23. The second kappa shape index (κ2) is 5.21. The Balaban J connectivity index is 1.88. The number of nitrogens with zero attached hydrogens (tertiary/aromatic N) is 2. The highest BCUT2D eigenvalue weighted by atomic mass is 16.3. The average Bonchev–Trinajstić information content (AvgIpc) is 2.73. The molecule has 0 aromatic carbocycles. The fraction of sp³-hybridized carbons (Fsp3) is 0.786. The maximum absolute atomic E-state index is 10.6. The molecule has 0 amide bonds. The Kier molecular flexibility index (Phi) is 3.87. The Morgan fingerprint density at radius 3 is 3.06 bits per heavy atom. The van der Waals surface area contributed by atoms with E-state index >= 15 is 0 Å². The molecule has 1 aliphatic rings. The zero-order valence-electron chi connectivity index (χ0n) is 11.0. The van der Waals surface area contributed by atoms with Gasteiger partial charge in [-0.25, -0.2) is 0 Å². The quantitative estimate of drug-likeness (QED) is 0.873. The molecule has 2 unspecified atom stereocenters. The van der Waals surface area contributed by atoms with E-state index in [0.717, 1.165) is 31.6 Å². The smallest absolute Gasteiger partial charge is 0.0653 e. The molecule has 0 bridgehead atoms. The van der Waals surface area contributed by atoms with E-state index < -0.39 is 5.60 Å². The zero-order chi connectivity index (χ0) is 12.3. The molecule has 2 rings (SSSR count). The van der Waals surface area contributed by atoms with Crippen LogP contribution in [-0.4, -0.2) is 20.5 Å². The molecule has 3 nitrogen and oxygen atoms in total. The summed E-state index contributed by atoms with van der Waals surface area (Å²) >= 11 is 0. The second-order valence-electron chi connectivity index (χ2n) is 5.62. The van der Waals surface area contributed by atoms with Gasteiger partial charge in [0.15, 0.2) is 0 Å². The minimum atomic E-state index is -0.422. The van der Waals surface area contributed by atoms with Crippen LogP contribution in [0.4, 0.5) is 0 Å². The van der Waals surface area contributed by atoms with Crippen molar-refractivity contribution in [2.45, 2.75) is 57.5 Å². The number of aliphatic hydroxyl groups is 1. The summed E-state index contributed by atoms with van der Waals surface area (Å²) in [4.78, 5) is 0. The van der Waals surface area contributed by atoms with Gasteiger partial charge in [0.1, 0.15) is 0 Å². The van der Waals surface area contributed by atoms with Crippen LogP contribution >= 0.6 is 0 Å². The van der Waals surface area contributed by atoms with Crippen LogP contribution in [0.2, 0.25) is 0 Å². The van der Waals surface area contributed by atoms with Crippen LogP contribution in [0.5, 0.6) is 0 Å². The molecule has 1 fully saturated rings. The average molecular weight is 236 g/mol. The van der Waals surface area contributed by atoms with Gasteiger partial charge in [-0.2, -0.15) is 5.10 Å². The van der Waals surface area contributed by atoms with Gasteiger partial charge in [0.2, 0.25) is 0 Å². The highest BCUT2D eigenvalue weighted by Gasteiger charge is 2.33. The van der Waals surface area contributed by atoms with Crippen molar-refractivity contribution < 1.29 is 5.11 Å². The summed E-state index contributed by atoms with van der Waals surface area (Å²) < 4.78 is 1.83. The molecule has 0 saturated heterocycles. The Labute approximate surface area is 104 Å². The predicted octanol–water partition coefficient (Wildman–Crippen LogP) is 2.68. The molecule has 96 valence electrons. The maximum atomic E-state index is 10.6. The Bertz CT molecular complexity index is 361. The van der Waals surface area contributed by atoms with Crippen LogP contribution in [0.15, 0.2) is 12.4 Å². The van der Waals surface area contributed by atoms with Gasteiger partial charge >= 0.3 is 0 Å². The molecule has 2 atom stereocenters. The van der Waals surface area contributed by atoms with E-state index in [4.69, 9.17) is 0 Å². The van der Waals surface area contributed by atoms with Crippen LogP contribution in [0.3, 0.4) is 0 Å². The maximum Gasteiger partial charge on any atom is 0.0653 e. The molecular weight excluding hydrogens is 212 g/mol. The molecular formula is C14H24N2O. The normalized spacial score (nSPS) is 29.5. The minimum Gasteiger partial charge on any atom is -0.390 e. The topological polar surface area (TPSA) is 38.1 Å². The van der Waals surface area contributed by atoms with Crippen LogP contribution in [-0.2, 0) is 13.5 Å². The Hall–Kier alpha value is -0.830. The molecule has 17 heavy (non-hydrogen) atoms. The van der Waals surface area contributed by atoms with Gasteiger partial charge in [0.25, 0.3) is 0 Å². The monoisotopic (exact) mass is 236 g/mol. The Morgan fingerprint density at radius 2 is 2.41 bits per heavy atom. The van der Waals surface area contributed by atoms with E-state index in [2.05, 4.69) is 12.0 Å². The lowest BCUT2D eigenvalue weighted by molar-refractivity contribution is -0.0234. The predicted molar refractivity (Wildman–Crippen MR) is 68.7 cm³/mol. The molecule has 1 aliphatic carbocycles. The molecule has 3 heteroatoms. The van der Waals surface area contributed by atoms with Gasteiger partial charge < -0.3 is 5.11 Å². The van der Waals surface area contributed by atoms with Crippen LogP contribution in [0.25, 0.3) is 0 Å². The van der Waals surface area contributed by atoms with E-state index in [1.807, 2.05) is 24.1 Å². The van der Waals surface area contributed by atoms with Gasteiger partial charge in [-0.05, 0) is 37.2 Å². The Morgan fingerprint density at radius 1 is 1.59 bits per heavy atom. The van der Waals surface area contributed by atoms with Crippen molar-refractivity contribution >= 4 is 0 Å². The third kappa shape index (κ3) is 3.32. The van der Waals surface area contributed by atoms with Crippen molar-refractivity contribution in [3.05, 3.63) is 18.0 Å². The van der Waals surface area contributed by atoms with E-state index in [1.54, 1.807) is 0 Å². The molecule has 1 aromatic rings. The van der Waals surface area contributed by atoms with Crippen molar-refractivity contribution in [1.29, 1.82) is 0 Å². The number of aromatic nitrogens is 2. The van der Waals surface area contributed by atoms with Crippen LogP contribution in [0, 0.1) is 5.92 Å². The fourth-order valence-electron chi connectivity index (χ4n) is 3.01. The van der Waals surface area contributed by atoms with Gasteiger partial charge in [0.05, 0.1) is 11.8 Å². The van der Waals surface area contributed by atoms with Gasteiger partial charge in [0, 0.05) is 13.2 Å². The summed E-state index contributed by atoms with van der Waals surface area (Å²) in [6.07, 6.45) is 11.4. The van der Waals surface area contributed by atoms with Crippen molar-refractivity contribution in [2.24, 2.45) is 13.0 Å². The summed E-state index contributed by atoms with van der Waals surface area (Å²) in [7, 11) is 1.94. The van der Waals surface area contributed by atoms with Crippen LogP contribution < -0.4 is 0 Å². The van der Waals surface area contributed by atoms with Crippen molar-refractivity contribution in [3.8, 4) is 0 Å². The van der Waals surface area contributed by atoms with Crippen molar-refractivity contribution in [1.82, 2.24) is 9.78 Å². The highest BCUT2D eigenvalue weighted by molar-refractivity contribution is 5.05. The molecule has 1 saturated carbocycles. The second-order valence-corrected chi connectivity index (χ2v) is 5.62. The first-order valence-electron chi connectivity index (χ1n) is 6.81. The molecule has 0 aliphatic heterocycles. The van der Waals surface area contributed by atoms with Gasteiger partial charge in [-0.1, -0.05) is 26.2 Å². The summed E-state index contributed by atoms with van der Waals surface area (Å²) in [6, 6.07) is 0. The lowest BCUT2D eigenvalue weighted by atomic mass is 9.74. The molecule has 0 radical (unpaired) electrons. The molecule has 1 aromatic heterocycles. The molecule has 0 spiro atoms. The number of aryl methyl sites for hydroxylation is 2. The van der Waals surface area contributed by atoms with E-state index in [-0.39, 0.29) is 0 Å². The highest BCUT2D eigenvalue weighted by Crippen LogP contribution is 2.36. The largest absolute Gasteiger partial charge is 0.390 e. The fourth-order valence-corrected chi connectivity index (χ4v) is 3.01. The first-order chi connectivity index (χ1) is 8.11. The summed E-state index contributed by atoms with van der Waals surface area (Å²) in [5, 5.41) is 14.8. The summed E-state index contributed by atoms with van der Waals surface area (Å²) in [5.74, 6) is 0.725. The zero-order valence-corrected chi connectivity index (χ0v) is 11.0. The standard InChI is InChI=1S/C14H24N2O/c1-3-12-5-4-7-14(17,9-12)8-6-13-10-15-16(2)11-13/h10-12,17H,3-9H2,1-2H3. The molecule has 1 heterocycles. The lowest BCUT2D eigenvalue weighted by Crippen LogP contribution is -2.35. The van der Waals surface area contributed by atoms with Crippen molar-refractivity contribution in [2.75, 3.05) is 0 Å². The lowest BCUT2D eigenvalue weighted by Gasteiger charge is -2.36.